The van der Waals surface area contributed by atoms with Crippen LogP contribution in [0.5, 0.6) is 11.5 Å². The zero-order valence-corrected chi connectivity index (χ0v) is 20.5. The summed E-state index contributed by atoms with van der Waals surface area (Å²) >= 11 is 0. The molecule has 3 rings (SSSR count). The van der Waals surface area contributed by atoms with Gasteiger partial charge in [0.25, 0.3) is 0 Å². The minimum atomic E-state index is -0.641. The molecule has 6 nitrogen and oxygen atoms in total. The van der Waals surface area contributed by atoms with Crippen molar-refractivity contribution in [3.05, 3.63) is 95.6 Å². The van der Waals surface area contributed by atoms with E-state index in [0.717, 1.165) is 29.2 Å². The van der Waals surface area contributed by atoms with Crippen molar-refractivity contribution in [3.63, 3.8) is 0 Å². The van der Waals surface area contributed by atoms with Crippen LogP contribution >= 0.6 is 0 Å². The molecule has 0 aliphatic rings. The van der Waals surface area contributed by atoms with Gasteiger partial charge >= 0.3 is 0 Å². The number of hydrogen-bond donors (Lipinski definition) is 2. The van der Waals surface area contributed by atoms with Crippen LogP contribution in [-0.2, 0) is 4.74 Å². The van der Waals surface area contributed by atoms with Crippen molar-refractivity contribution in [2.75, 3.05) is 48.0 Å². The summed E-state index contributed by atoms with van der Waals surface area (Å²) in [6, 6.07) is 26.2. The van der Waals surface area contributed by atoms with E-state index in [1.54, 1.807) is 14.2 Å². The first kappa shape index (κ1) is 25.7. The Morgan fingerprint density at radius 2 is 1.26 bits per heavy atom. The SMILES string of the molecule is COc1ccc(C(OCC(O)CNCC(c2ccccc2)N(C)C)c2ccc(OC)cc2)cc1. The average molecular weight is 465 g/mol. The van der Waals surface area contributed by atoms with Crippen LogP contribution in [0.15, 0.2) is 78.9 Å². The second-order valence-electron chi connectivity index (χ2n) is 8.46. The monoisotopic (exact) mass is 464 g/mol. The van der Waals surface area contributed by atoms with E-state index >= 15 is 0 Å². The van der Waals surface area contributed by atoms with Crippen molar-refractivity contribution < 1.29 is 19.3 Å². The molecule has 3 aromatic rings. The second kappa shape index (κ2) is 13.1. The molecule has 0 saturated heterocycles. The Morgan fingerprint density at radius 3 is 1.74 bits per heavy atom. The lowest BCUT2D eigenvalue weighted by Gasteiger charge is -2.26. The van der Waals surface area contributed by atoms with Gasteiger partial charge in [0, 0.05) is 19.1 Å². The van der Waals surface area contributed by atoms with Gasteiger partial charge in [0.1, 0.15) is 17.6 Å². The van der Waals surface area contributed by atoms with E-state index < -0.39 is 6.10 Å². The lowest BCUT2D eigenvalue weighted by atomic mass is 10.0. The smallest absolute Gasteiger partial charge is 0.118 e. The van der Waals surface area contributed by atoms with E-state index in [1.807, 2.05) is 66.7 Å². The molecule has 0 saturated carbocycles. The molecule has 0 radical (unpaired) electrons. The van der Waals surface area contributed by atoms with Crippen molar-refractivity contribution in [1.29, 1.82) is 0 Å². The van der Waals surface area contributed by atoms with Crippen LogP contribution in [0.25, 0.3) is 0 Å². The third-order valence-electron chi connectivity index (χ3n) is 5.82. The molecule has 2 unspecified atom stereocenters. The normalized spacial score (nSPS) is 13.1. The molecule has 6 heteroatoms. The van der Waals surface area contributed by atoms with Gasteiger partial charge in [0.05, 0.1) is 26.9 Å². The molecule has 0 bridgehead atoms. The van der Waals surface area contributed by atoms with Crippen LogP contribution in [0.2, 0.25) is 0 Å². The molecule has 0 aromatic heterocycles. The Kier molecular flexibility index (Phi) is 9.91. The minimum Gasteiger partial charge on any atom is -0.497 e. The van der Waals surface area contributed by atoms with Crippen LogP contribution in [0.4, 0.5) is 0 Å². The molecule has 182 valence electrons. The molecule has 0 fully saturated rings. The summed E-state index contributed by atoms with van der Waals surface area (Å²) in [6.45, 7) is 1.37. The van der Waals surface area contributed by atoms with Gasteiger partial charge in [-0.1, -0.05) is 54.6 Å². The molecule has 0 aliphatic heterocycles. The lowest BCUT2D eigenvalue weighted by molar-refractivity contribution is 0.00615. The first-order valence-electron chi connectivity index (χ1n) is 11.5. The summed E-state index contributed by atoms with van der Waals surface area (Å²) in [5.74, 6) is 1.57. The average Bonchev–Trinajstić information content (AvgIpc) is 2.87. The Bertz CT molecular complexity index is 914. The second-order valence-corrected chi connectivity index (χ2v) is 8.46. The highest BCUT2D eigenvalue weighted by atomic mass is 16.5. The highest BCUT2D eigenvalue weighted by Gasteiger charge is 2.18. The summed E-state index contributed by atoms with van der Waals surface area (Å²) in [5, 5.41) is 14.0. The van der Waals surface area contributed by atoms with Gasteiger partial charge in [-0.25, -0.2) is 0 Å². The molecule has 2 atom stereocenters. The number of nitrogens with zero attached hydrogens (tertiary/aromatic N) is 1. The lowest BCUT2D eigenvalue weighted by Crippen LogP contribution is -2.36. The maximum Gasteiger partial charge on any atom is 0.118 e. The summed E-state index contributed by atoms with van der Waals surface area (Å²) in [6.07, 6.45) is -0.956. The first-order valence-corrected chi connectivity index (χ1v) is 11.5. The number of methoxy groups -OCH3 is 2. The molecule has 2 N–H and O–H groups in total. The van der Waals surface area contributed by atoms with Crippen LogP contribution in [0.1, 0.15) is 28.8 Å². The third kappa shape index (κ3) is 7.30. The predicted molar refractivity (Wildman–Crippen MR) is 136 cm³/mol. The van der Waals surface area contributed by atoms with Crippen molar-refractivity contribution in [3.8, 4) is 11.5 Å². The highest BCUT2D eigenvalue weighted by molar-refractivity contribution is 5.36. The molecule has 0 heterocycles. The van der Waals surface area contributed by atoms with E-state index in [-0.39, 0.29) is 18.8 Å². The number of ether oxygens (including phenoxy) is 3. The Balaban J connectivity index is 1.61. The first-order chi connectivity index (χ1) is 16.5. The van der Waals surface area contributed by atoms with Crippen molar-refractivity contribution >= 4 is 0 Å². The van der Waals surface area contributed by atoms with E-state index in [9.17, 15) is 5.11 Å². The van der Waals surface area contributed by atoms with Crippen LogP contribution < -0.4 is 14.8 Å². The zero-order valence-electron chi connectivity index (χ0n) is 20.5. The topological polar surface area (TPSA) is 63.2 Å². The minimum absolute atomic E-state index is 0.202. The standard InChI is InChI=1S/C28H36N2O4/c1-30(2)27(21-8-6-5-7-9-21)19-29-18-24(31)20-34-28(22-10-14-25(32-3)15-11-22)23-12-16-26(33-4)17-13-23/h5-17,24,27-29,31H,18-20H2,1-4H3. The number of hydrogen-bond acceptors (Lipinski definition) is 6. The predicted octanol–water partition coefficient (Wildman–Crippen LogP) is 4.06. The molecular formula is C28H36N2O4. The molecular weight excluding hydrogens is 428 g/mol. The molecule has 0 amide bonds. The Hall–Kier alpha value is -2.90. The number of benzene rings is 3. The summed E-state index contributed by atoms with van der Waals surface area (Å²) < 4.78 is 16.8. The molecule has 34 heavy (non-hydrogen) atoms. The number of nitrogens with one attached hydrogen (secondary N) is 1. The van der Waals surface area contributed by atoms with Crippen molar-refractivity contribution in [2.45, 2.75) is 18.2 Å². The van der Waals surface area contributed by atoms with E-state index in [4.69, 9.17) is 14.2 Å². The van der Waals surface area contributed by atoms with Crippen LogP contribution in [0, 0.1) is 0 Å². The largest absolute Gasteiger partial charge is 0.497 e. The number of aliphatic hydroxyl groups is 1. The van der Waals surface area contributed by atoms with Gasteiger partial charge in [0.2, 0.25) is 0 Å². The summed E-state index contributed by atoms with van der Waals surface area (Å²) in [5.41, 5.74) is 3.22. The number of likely N-dealkylation sites (N-methyl/N-ethyl adjacent to an activating group) is 1. The molecule has 0 aliphatic carbocycles. The molecule has 0 spiro atoms. The highest BCUT2D eigenvalue weighted by Crippen LogP contribution is 2.29. The Labute approximate surface area is 203 Å². The number of aliphatic hydroxyl groups excluding tert-OH is 1. The Morgan fingerprint density at radius 1 is 0.735 bits per heavy atom. The van der Waals surface area contributed by atoms with Crippen LogP contribution in [0.3, 0.4) is 0 Å². The maximum atomic E-state index is 10.6. The van der Waals surface area contributed by atoms with Gasteiger partial charge in [-0.2, -0.15) is 0 Å². The molecule has 3 aromatic carbocycles. The van der Waals surface area contributed by atoms with Crippen molar-refractivity contribution in [2.24, 2.45) is 0 Å². The fourth-order valence-corrected chi connectivity index (χ4v) is 3.87. The third-order valence-corrected chi connectivity index (χ3v) is 5.82. The maximum absolute atomic E-state index is 10.6. The number of rotatable bonds is 13. The van der Waals surface area contributed by atoms with Gasteiger partial charge in [0.15, 0.2) is 0 Å². The van der Waals surface area contributed by atoms with Gasteiger partial charge < -0.3 is 29.5 Å². The fourth-order valence-electron chi connectivity index (χ4n) is 3.87. The van der Waals surface area contributed by atoms with Gasteiger partial charge in [-0.05, 0) is 55.1 Å². The van der Waals surface area contributed by atoms with Gasteiger partial charge in [-0.15, -0.1) is 0 Å². The van der Waals surface area contributed by atoms with E-state index in [0.29, 0.717) is 6.54 Å². The summed E-state index contributed by atoms with van der Waals surface area (Å²) in [4.78, 5) is 2.18. The zero-order chi connectivity index (χ0) is 24.3. The van der Waals surface area contributed by atoms with Gasteiger partial charge in [-0.3, -0.25) is 0 Å². The van der Waals surface area contributed by atoms with E-state index in [2.05, 4.69) is 36.4 Å². The fraction of sp³-hybridized carbons (Fsp3) is 0.357. The van der Waals surface area contributed by atoms with E-state index in [1.165, 1.54) is 5.56 Å². The summed E-state index contributed by atoms with van der Waals surface area (Å²) in [7, 11) is 7.42. The van der Waals surface area contributed by atoms with Crippen LogP contribution in [-0.4, -0.2) is 64.1 Å². The quantitative estimate of drug-likeness (QED) is 0.398. The van der Waals surface area contributed by atoms with Crippen molar-refractivity contribution in [1.82, 2.24) is 10.2 Å².